The molecule has 0 saturated heterocycles. The van der Waals surface area contributed by atoms with Gasteiger partial charge in [-0.1, -0.05) is 0 Å². The van der Waals surface area contributed by atoms with Gasteiger partial charge in [0.25, 0.3) is 0 Å². The summed E-state index contributed by atoms with van der Waals surface area (Å²) in [4.78, 5) is 0. The van der Waals surface area contributed by atoms with Crippen LogP contribution < -0.4 is 0 Å². The summed E-state index contributed by atoms with van der Waals surface area (Å²) in [6, 6.07) is 0. The first kappa shape index (κ1) is 9.26. The zero-order chi connectivity index (χ0) is 3.58. The average molecular weight is 205 g/mol. The van der Waals surface area contributed by atoms with Crippen LogP contribution in [0.3, 0.4) is 0 Å². The molecular formula is H3ClO3Sn. The van der Waals surface area contributed by atoms with Gasteiger partial charge in [0.1, 0.15) is 0 Å². The summed E-state index contributed by atoms with van der Waals surface area (Å²) in [5.41, 5.74) is 0. The van der Waals surface area contributed by atoms with E-state index in [4.69, 9.17) is 9.96 Å². The van der Waals surface area contributed by atoms with Crippen LogP contribution in [0.25, 0.3) is 0 Å². The maximum atomic E-state index is 8.84. The van der Waals surface area contributed by atoms with Crippen LogP contribution in [-0.2, 0) is 3.08 Å². The van der Waals surface area contributed by atoms with Crippen LogP contribution in [0.5, 0.6) is 0 Å². The molecule has 0 aliphatic rings. The molecule has 5 heavy (non-hydrogen) atoms. The van der Waals surface area contributed by atoms with Crippen molar-refractivity contribution in [2.24, 2.45) is 0 Å². The van der Waals surface area contributed by atoms with E-state index in [0.29, 0.717) is 0 Å². The van der Waals surface area contributed by atoms with Gasteiger partial charge in [0.2, 0.25) is 0 Å². The van der Waals surface area contributed by atoms with Gasteiger partial charge < -0.3 is 0 Å². The van der Waals surface area contributed by atoms with Crippen molar-refractivity contribution >= 4 is 33.0 Å². The normalized spacial score (nSPS) is 5.20. The van der Waals surface area contributed by atoms with Crippen molar-refractivity contribution < 1.29 is 9.96 Å². The average Bonchev–Trinajstić information content (AvgIpc) is 0.811. The summed E-state index contributed by atoms with van der Waals surface area (Å²) in [6.45, 7) is 0. The molecule has 0 atom stereocenters. The summed E-state index contributed by atoms with van der Waals surface area (Å²) in [7, 11) is 0. The van der Waals surface area contributed by atoms with Gasteiger partial charge in [-0.05, 0) is 0 Å². The Morgan fingerprint density at radius 1 is 1.40 bits per heavy atom. The predicted molar refractivity (Wildman–Crippen MR) is 18.1 cm³/mol. The molecule has 0 unspecified atom stereocenters. The first-order valence-corrected chi connectivity index (χ1v) is 4.37. The molecule has 0 saturated carbocycles. The van der Waals surface area contributed by atoms with Crippen molar-refractivity contribution in [2.45, 2.75) is 0 Å². The number of rotatable bonds is 0. The zero-order valence-electron chi connectivity index (χ0n) is 2.21. The van der Waals surface area contributed by atoms with E-state index >= 15 is 0 Å². The molecule has 0 aromatic rings. The second kappa shape index (κ2) is 4.81. The molecule has 0 aromatic heterocycles. The van der Waals surface area contributed by atoms with Crippen LogP contribution in [0.15, 0.2) is 0 Å². The van der Waals surface area contributed by atoms with Gasteiger partial charge in [-0.15, -0.1) is 12.4 Å². The van der Waals surface area contributed by atoms with E-state index in [-0.39, 0.29) is 12.4 Å². The van der Waals surface area contributed by atoms with Crippen molar-refractivity contribution in [3.05, 3.63) is 0 Å². The Kier molecular flexibility index (Phi) is 8.91. The van der Waals surface area contributed by atoms with Crippen molar-refractivity contribution in [3.8, 4) is 0 Å². The van der Waals surface area contributed by atoms with Crippen LogP contribution in [0.4, 0.5) is 0 Å². The van der Waals surface area contributed by atoms with Crippen LogP contribution in [0.2, 0.25) is 0 Å². The monoisotopic (exact) mass is 206 g/mol. The Bertz CT molecular complexity index is 29.9. The maximum absolute atomic E-state index is 8.84. The Balaban J connectivity index is 0. The quantitative estimate of drug-likeness (QED) is 0.489. The van der Waals surface area contributed by atoms with Crippen molar-refractivity contribution in [3.63, 3.8) is 0 Å². The third-order valence-electron chi connectivity index (χ3n) is 0. The summed E-state index contributed by atoms with van der Waals surface area (Å²) in [6.07, 6.45) is 0. The molecule has 0 radical (unpaired) electrons. The fourth-order valence-corrected chi connectivity index (χ4v) is 0. The van der Waals surface area contributed by atoms with E-state index in [1.807, 2.05) is 0 Å². The number of halogens is 1. The molecule has 2 N–H and O–H groups in total. The molecular weight excluding hydrogens is 202 g/mol. The van der Waals surface area contributed by atoms with Crippen LogP contribution >= 0.6 is 12.4 Å². The van der Waals surface area contributed by atoms with Gasteiger partial charge in [-0.2, -0.15) is 0 Å². The summed E-state index contributed by atoms with van der Waals surface area (Å²) < 4.78 is 23.3. The molecule has 0 heterocycles. The summed E-state index contributed by atoms with van der Waals surface area (Å²) >= 11 is -3.79. The Morgan fingerprint density at radius 3 is 1.40 bits per heavy atom. The molecule has 5 heteroatoms. The topological polar surface area (TPSA) is 57.5 Å². The van der Waals surface area contributed by atoms with Gasteiger partial charge in [0, 0.05) is 0 Å². The van der Waals surface area contributed by atoms with E-state index in [1.165, 1.54) is 0 Å². The van der Waals surface area contributed by atoms with Gasteiger partial charge in [0.15, 0.2) is 0 Å². The standard InChI is InChI=1S/ClH.2H2O.O.Sn/h1H;2*1H2;;/q;;;;+2/p-2. The summed E-state index contributed by atoms with van der Waals surface area (Å²) in [5, 5.41) is 0. The van der Waals surface area contributed by atoms with Crippen LogP contribution in [-0.4, -0.2) is 27.5 Å². The van der Waals surface area contributed by atoms with E-state index in [1.54, 1.807) is 0 Å². The molecule has 3 nitrogen and oxygen atoms in total. The summed E-state index contributed by atoms with van der Waals surface area (Å²) in [5.74, 6) is 0. The van der Waals surface area contributed by atoms with Crippen LogP contribution in [0.1, 0.15) is 0 Å². The third kappa shape index (κ3) is 58.0. The van der Waals surface area contributed by atoms with E-state index in [2.05, 4.69) is 0 Å². The fraction of sp³-hybridized carbons (Fsp3) is 0. The predicted octanol–water partition coefficient (Wildman–Crippen LogP) is -1.19. The van der Waals surface area contributed by atoms with Crippen LogP contribution in [0, 0.1) is 0 Å². The molecule has 0 aliphatic carbocycles. The molecule has 32 valence electrons. The molecule has 0 aromatic carbocycles. The zero-order valence-corrected chi connectivity index (χ0v) is 5.88. The molecule has 0 aliphatic heterocycles. The molecule has 0 fully saturated rings. The number of hydrogen-bond donors (Lipinski definition) is 2. The number of hydrogen-bond acceptors (Lipinski definition) is 1. The third-order valence-corrected chi connectivity index (χ3v) is 0. The second-order valence-electron chi connectivity index (χ2n) is 0.283. The molecule has 0 amide bonds. The van der Waals surface area contributed by atoms with Gasteiger partial charge in [-0.25, -0.2) is 0 Å². The van der Waals surface area contributed by atoms with E-state index in [0.717, 1.165) is 0 Å². The first-order valence-electron chi connectivity index (χ1n) is 0.651. The van der Waals surface area contributed by atoms with Gasteiger partial charge >= 0.3 is 30.5 Å². The van der Waals surface area contributed by atoms with Crippen molar-refractivity contribution in [2.75, 3.05) is 0 Å². The minimum atomic E-state index is -3.79. The van der Waals surface area contributed by atoms with Gasteiger partial charge in [0.05, 0.1) is 0 Å². The SMILES string of the molecule is Cl.[O]=[Sn]([OH])[OH]. The Hall–Kier alpha value is 0.809. The Labute approximate surface area is 43.2 Å². The molecule has 0 spiro atoms. The Morgan fingerprint density at radius 2 is 1.40 bits per heavy atom. The van der Waals surface area contributed by atoms with E-state index in [9.17, 15) is 0 Å². The van der Waals surface area contributed by atoms with Crippen molar-refractivity contribution in [1.29, 1.82) is 0 Å². The first-order chi connectivity index (χ1) is 1.73. The van der Waals surface area contributed by atoms with Gasteiger partial charge in [-0.3, -0.25) is 0 Å². The fourth-order valence-electron chi connectivity index (χ4n) is 0. The minimum absolute atomic E-state index is 0. The van der Waals surface area contributed by atoms with E-state index < -0.39 is 20.6 Å². The molecule has 0 bridgehead atoms. The van der Waals surface area contributed by atoms with Crippen molar-refractivity contribution in [1.82, 2.24) is 0 Å². The second-order valence-corrected chi connectivity index (χ2v) is 1.90. The molecule has 0 rings (SSSR count).